The zero-order valence-electron chi connectivity index (χ0n) is 17.3. The Morgan fingerprint density at radius 1 is 1.29 bits per heavy atom. The molecule has 1 aromatic carbocycles. The third-order valence-electron chi connectivity index (χ3n) is 5.31. The van der Waals surface area contributed by atoms with Gasteiger partial charge in [0.25, 0.3) is 0 Å². The summed E-state index contributed by atoms with van der Waals surface area (Å²) in [5.41, 5.74) is 1.10. The summed E-state index contributed by atoms with van der Waals surface area (Å²) in [6, 6.07) is 15.6. The van der Waals surface area contributed by atoms with Crippen molar-refractivity contribution < 1.29 is 4.79 Å². The average molecular weight is 416 g/mol. The van der Waals surface area contributed by atoms with Crippen molar-refractivity contribution in [1.82, 2.24) is 24.9 Å². The van der Waals surface area contributed by atoms with E-state index in [1.807, 2.05) is 54.4 Å². The van der Waals surface area contributed by atoms with Crippen LogP contribution in [0, 0.1) is 11.3 Å². The van der Waals surface area contributed by atoms with Crippen LogP contribution in [0.2, 0.25) is 0 Å². The molecule has 0 saturated carbocycles. The van der Waals surface area contributed by atoms with E-state index in [0.29, 0.717) is 11.4 Å². The molecule has 9 nitrogen and oxygen atoms in total. The smallest absolute Gasteiger partial charge is 0.239 e. The molecule has 4 rings (SSSR count). The van der Waals surface area contributed by atoms with Gasteiger partial charge in [0.1, 0.15) is 11.6 Å². The lowest BCUT2D eigenvalue weighted by Gasteiger charge is -2.28. The Balaban J connectivity index is 1.40. The van der Waals surface area contributed by atoms with Crippen molar-refractivity contribution in [1.29, 1.82) is 5.26 Å². The van der Waals surface area contributed by atoms with Gasteiger partial charge in [0.15, 0.2) is 11.6 Å². The summed E-state index contributed by atoms with van der Waals surface area (Å²) in [6.45, 7) is 1.87. The standard InChI is InChI=1S/C22H24N8O/c1-28(15-19-9-6-12-29(19)20-10-5-11-24-27-20)16-21(31)26-22-17(13-23)14-25-30(22)18-7-3-2-4-8-18/h2-5,7-8,10-11,14,19H,6,9,12,15-16H2,1H3,(H,26,31). The summed E-state index contributed by atoms with van der Waals surface area (Å²) < 4.78 is 1.57. The first-order valence-corrected chi connectivity index (χ1v) is 10.2. The molecular weight excluding hydrogens is 392 g/mol. The minimum absolute atomic E-state index is 0.194. The summed E-state index contributed by atoms with van der Waals surface area (Å²) in [7, 11) is 1.92. The van der Waals surface area contributed by atoms with Crippen LogP contribution in [-0.4, -0.2) is 63.5 Å². The van der Waals surface area contributed by atoms with E-state index in [9.17, 15) is 10.1 Å². The van der Waals surface area contributed by atoms with Crippen LogP contribution in [0.25, 0.3) is 5.69 Å². The summed E-state index contributed by atoms with van der Waals surface area (Å²) in [5.74, 6) is 1.06. The van der Waals surface area contributed by atoms with Crippen LogP contribution in [0.4, 0.5) is 11.6 Å². The molecule has 1 unspecified atom stereocenters. The monoisotopic (exact) mass is 416 g/mol. The maximum Gasteiger partial charge on any atom is 0.239 e. The average Bonchev–Trinajstić information content (AvgIpc) is 3.41. The Morgan fingerprint density at radius 2 is 2.13 bits per heavy atom. The van der Waals surface area contributed by atoms with Crippen LogP contribution in [0.5, 0.6) is 0 Å². The Morgan fingerprint density at radius 3 is 2.87 bits per heavy atom. The summed E-state index contributed by atoms with van der Waals surface area (Å²) in [6.07, 6.45) is 5.26. The van der Waals surface area contributed by atoms with E-state index in [4.69, 9.17) is 0 Å². The highest BCUT2D eigenvalue weighted by atomic mass is 16.2. The zero-order chi connectivity index (χ0) is 21.6. The third kappa shape index (κ3) is 4.70. The molecule has 1 atom stereocenters. The van der Waals surface area contributed by atoms with Crippen LogP contribution in [0.3, 0.4) is 0 Å². The number of hydrogen-bond donors (Lipinski definition) is 1. The fourth-order valence-electron chi connectivity index (χ4n) is 3.93. The van der Waals surface area contributed by atoms with Gasteiger partial charge in [-0.25, -0.2) is 4.68 Å². The summed E-state index contributed by atoms with van der Waals surface area (Å²) in [4.78, 5) is 17.0. The van der Waals surface area contributed by atoms with Crippen molar-refractivity contribution in [2.75, 3.05) is 36.9 Å². The second kappa shape index (κ2) is 9.36. The predicted molar refractivity (Wildman–Crippen MR) is 117 cm³/mol. The lowest BCUT2D eigenvalue weighted by atomic mass is 10.2. The highest BCUT2D eigenvalue weighted by molar-refractivity contribution is 5.92. The number of nitrogens with zero attached hydrogens (tertiary/aromatic N) is 7. The number of amides is 1. The van der Waals surface area contributed by atoms with Crippen LogP contribution in [0.15, 0.2) is 54.9 Å². The van der Waals surface area contributed by atoms with E-state index in [1.165, 1.54) is 6.20 Å². The van der Waals surface area contributed by atoms with Gasteiger partial charge in [-0.1, -0.05) is 18.2 Å². The van der Waals surface area contributed by atoms with Crippen LogP contribution in [-0.2, 0) is 4.79 Å². The molecule has 1 fully saturated rings. The van der Waals surface area contributed by atoms with Crippen molar-refractivity contribution >= 4 is 17.5 Å². The van der Waals surface area contributed by atoms with E-state index in [1.54, 1.807) is 10.9 Å². The van der Waals surface area contributed by atoms with Crippen molar-refractivity contribution in [3.63, 3.8) is 0 Å². The maximum atomic E-state index is 12.8. The predicted octanol–water partition coefficient (Wildman–Crippen LogP) is 2.07. The molecule has 3 aromatic rings. The fourth-order valence-corrected chi connectivity index (χ4v) is 3.93. The molecule has 0 radical (unpaired) electrons. The van der Waals surface area contributed by atoms with Gasteiger partial charge < -0.3 is 10.2 Å². The lowest BCUT2D eigenvalue weighted by Crippen LogP contribution is -2.42. The second-order valence-electron chi connectivity index (χ2n) is 7.58. The van der Waals surface area contributed by atoms with Crippen molar-refractivity contribution in [3.05, 3.63) is 60.4 Å². The Hall–Kier alpha value is -3.77. The molecule has 0 aliphatic carbocycles. The minimum Gasteiger partial charge on any atom is -0.351 e. The number of likely N-dealkylation sites (N-methyl/N-ethyl adjacent to an activating group) is 1. The van der Waals surface area contributed by atoms with E-state index in [0.717, 1.165) is 37.4 Å². The molecule has 1 amide bonds. The first-order chi connectivity index (χ1) is 15.2. The number of rotatable bonds is 7. The van der Waals surface area contributed by atoms with E-state index >= 15 is 0 Å². The van der Waals surface area contributed by atoms with Crippen molar-refractivity contribution in [3.8, 4) is 11.8 Å². The number of carbonyl (C=O) groups excluding carboxylic acids is 1. The Kier molecular flexibility index (Phi) is 6.19. The number of benzene rings is 1. The number of anilines is 2. The number of aromatic nitrogens is 4. The fraction of sp³-hybridized carbons (Fsp3) is 0.318. The van der Waals surface area contributed by atoms with Gasteiger partial charge in [0.2, 0.25) is 5.91 Å². The lowest BCUT2D eigenvalue weighted by molar-refractivity contribution is -0.117. The highest BCUT2D eigenvalue weighted by Crippen LogP contribution is 2.24. The maximum absolute atomic E-state index is 12.8. The molecule has 1 aliphatic rings. The Bertz CT molecular complexity index is 1060. The van der Waals surface area contributed by atoms with Gasteiger partial charge in [-0.3, -0.25) is 9.69 Å². The van der Waals surface area contributed by atoms with Gasteiger partial charge in [-0.2, -0.15) is 15.5 Å². The second-order valence-corrected chi connectivity index (χ2v) is 7.58. The molecule has 0 spiro atoms. The van der Waals surface area contributed by atoms with Gasteiger partial charge in [0, 0.05) is 25.3 Å². The SMILES string of the molecule is CN(CC(=O)Nc1c(C#N)cnn1-c1ccccc1)CC1CCCN1c1cccnn1. The van der Waals surface area contributed by atoms with E-state index in [-0.39, 0.29) is 18.5 Å². The quantitative estimate of drug-likeness (QED) is 0.629. The summed E-state index contributed by atoms with van der Waals surface area (Å²) >= 11 is 0. The number of carbonyl (C=O) groups is 1. The molecule has 1 saturated heterocycles. The molecular formula is C22H24N8O. The van der Waals surface area contributed by atoms with Gasteiger partial charge in [-0.05, 0) is 44.2 Å². The summed E-state index contributed by atoms with van der Waals surface area (Å²) in [5, 5.41) is 24.8. The zero-order valence-corrected chi connectivity index (χ0v) is 17.3. The first-order valence-electron chi connectivity index (χ1n) is 10.2. The van der Waals surface area contributed by atoms with Crippen molar-refractivity contribution in [2.45, 2.75) is 18.9 Å². The molecule has 0 bridgehead atoms. The number of hydrogen-bond acceptors (Lipinski definition) is 7. The Labute approximate surface area is 180 Å². The van der Waals surface area contributed by atoms with Gasteiger partial charge in [-0.15, -0.1) is 5.10 Å². The highest BCUT2D eigenvalue weighted by Gasteiger charge is 2.27. The van der Waals surface area contributed by atoms with E-state index < -0.39 is 0 Å². The van der Waals surface area contributed by atoms with Gasteiger partial charge >= 0.3 is 0 Å². The topological polar surface area (TPSA) is 103 Å². The molecule has 2 aromatic heterocycles. The van der Waals surface area contributed by atoms with E-state index in [2.05, 4.69) is 31.6 Å². The van der Waals surface area contributed by atoms with Gasteiger partial charge in [0.05, 0.1) is 18.4 Å². The molecule has 1 N–H and O–H groups in total. The molecule has 31 heavy (non-hydrogen) atoms. The first kappa shape index (κ1) is 20.5. The minimum atomic E-state index is -0.194. The van der Waals surface area contributed by atoms with Crippen LogP contribution < -0.4 is 10.2 Å². The molecule has 9 heteroatoms. The van der Waals surface area contributed by atoms with Crippen LogP contribution in [0.1, 0.15) is 18.4 Å². The van der Waals surface area contributed by atoms with Crippen LogP contribution >= 0.6 is 0 Å². The molecule has 158 valence electrons. The normalized spacial score (nSPS) is 15.8. The molecule has 1 aliphatic heterocycles. The molecule has 3 heterocycles. The number of nitrogens with one attached hydrogen (secondary N) is 1. The third-order valence-corrected chi connectivity index (χ3v) is 5.31. The number of para-hydroxylation sites is 1. The largest absolute Gasteiger partial charge is 0.351 e. The number of nitriles is 1. The van der Waals surface area contributed by atoms with Crippen molar-refractivity contribution in [2.24, 2.45) is 0 Å².